The fourth-order valence-corrected chi connectivity index (χ4v) is 3.63. The highest BCUT2D eigenvalue weighted by Gasteiger charge is 2.20. The highest BCUT2D eigenvalue weighted by atomic mass is 19.2. The van der Waals surface area contributed by atoms with E-state index >= 15 is 0 Å². The van der Waals surface area contributed by atoms with Crippen LogP contribution in [0.4, 0.5) is 24.8 Å². The monoisotopic (exact) mass is 531 g/mol. The van der Waals surface area contributed by atoms with E-state index in [0.29, 0.717) is 16.7 Å². The minimum absolute atomic E-state index is 0.0431. The third-order valence-electron chi connectivity index (χ3n) is 5.51. The van der Waals surface area contributed by atoms with Crippen molar-refractivity contribution in [1.82, 2.24) is 19.1 Å². The van der Waals surface area contributed by atoms with Crippen LogP contribution in [0.3, 0.4) is 0 Å². The zero-order valence-corrected chi connectivity index (χ0v) is 19.9. The van der Waals surface area contributed by atoms with Crippen LogP contribution in [0.25, 0.3) is 0 Å². The molecule has 0 aliphatic rings. The number of ether oxygens (including phenoxy) is 2. The summed E-state index contributed by atoms with van der Waals surface area (Å²) < 4.78 is 53.1. The number of nitrogens with one attached hydrogen (secondary N) is 2. The summed E-state index contributed by atoms with van der Waals surface area (Å²) in [5.74, 6) is -5.25. The maximum absolute atomic E-state index is 13.9. The highest BCUT2D eigenvalue weighted by molar-refractivity contribution is 5.72. The van der Waals surface area contributed by atoms with E-state index < -0.39 is 59.2 Å². The quantitative estimate of drug-likeness (QED) is 0.232. The van der Waals surface area contributed by atoms with Gasteiger partial charge in [-0.05, 0) is 23.8 Å². The molecule has 38 heavy (non-hydrogen) atoms. The van der Waals surface area contributed by atoms with Gasteiger partial charge >= 0.3 is 11.4 Å². The Balaban J connectivity index is 1.89. The summed E-state index contributed by atoms with van der Waals surface area (Å²) in [5, 5.41) is 13.1. The molecule has 0 unspecified atom stereocenters. The van der Waals surface area contributed by atoms with Gasteiger partial charge in [0.15, 0.2) is 17.5 Å². The second kappa shape index (κ2) is 10.5. The molecule has 11 nitrogen and oxygen atoms in total. The van der Waals surface area contributed by atoms with Gasteiger partial charge in [-0.15, -0.1) is 0 Å². The predicted octanol–water partition coefficient (Wildman–Crippen LogP) is 2.07. The molecule has 0 radical (unpaired) electrons. The molecule has 0 amide bonds. The third kappa shape index (κ3) is 5.09. The number of hydrogen-bond donors (Lipinski definition) is 3. The molecule has 0 spiro atoms. The number of aromatic hydroxyl groups is 1. The fourth-order valence-electron chi connectivity index (χ4n) is 3.63. The molecule has 0 fully saturated rings. The number of nitrogens with zero attached hydrogens (tertiary/aromatic N) is 3. The third-order valence-corrected chi connectivity index (χ3v) is 5.51. The Kier molecular flexibility index (Phi) is 7.23. The molecule has 0 saturated heterocycles. The molecule has 3 N–H and O–H groups in total. The van der Waals surface area contributed by atoms with Crippen molar-refractivity contribution in [3.63, 3.8) is 0 Å². The zero-order valence-electron chi connectivity index (χ0n) is 19.9. The van der Waals surface area contributed by atoms with Crippen molar-refractivity contribution >= 4 is 11.6 Å². The molecule has 0 bridgehead atoms. The number of methoxy groups -OCH3 is 2. The molecule has 0 aliphatic carbocycles. The van der Waals surface area contributed by atoms with Gasteiger partial charge in [-0.25, -0.2) is 27.3 Å². The maximum atomic E-state index is 13.9. The van der Waals surface area contributed by atoms with E-state index in [4.69, 9.17) is 9.47 Å². The van der Waals surface area contributed by atoms with Crippen LogP contribution in [0.1, 0.15) is 11.1 Å². The van der Waals surface area contributed by atoms with E-state index in [1.54, 1.807) is 0 Å². The van der Waals surface area contributed by atoms with Crippen molar-refractivity contribution in [2.45, 2.75) is 13.1 Å². The van der Waals surface area contributed by atoms with E-state index in [1.807, 2.05) is 0 Å². The molecule has 2 heterocycles. The SMILES string of the molecule is COc1cc(O)c(Nc2nc(=O)n(Cc3ccc[nH]c3=O)c(=O)n2Cc2cc(F)c(F)c(F)c2)c(OC)c1. The highest BCUT2D eigenvalue weighted by Crippen LogP contribution is 2.39. The first-order valence-corrected chi connectivity index (χ1v) is 10.9. The fraction of sp³-hybridized carbons (Fsp3) is 0.167. The Morgan fingerprint density at radius 3 is 2.34 bits per heavy atom. The second-order valence-electron chi connectivity index (χ2n) is 7.92. The number of halogens is 3. The summed E-state index contributed by atoms with van der Waals surface area (Å²) in [4.78, 5) is 44.7. The van der Waals surface area contributed by atoms with Crippen molar-refractivity contribution in [3.05, 3.63) is 102 Å². The minimum atomic E-state index is -1.70. The minimum Gasteiger partial charge on any atom is -0.505 e. The Morgan fingerprint density at radius 1 is 1.00 bits per heavy atom. The van der Waals surface area contributed by atoms with E-state index in [0.717, 1.165) is 4.57 Å². The van der Waals surface area contributed by atoms with Crippen molar-refractivity contribution in [2.75, 3.05) is 19.5 Å². The number of phenolic OH excluding ortho intramolecular Hbond substituents is 1. The molecule has 198 valence electrons. The van der Waals surface area contributed by atoms with Gasteiger partial charge in [0.2, 0.25) is 5.95 Å². The summed E-state index contributed by atoms with van der Waals surface area (Å²) in [6.45, 7) is -1.04. The largest absolute Gasteiger partial charge is 0.505 e. The first-order chi connectivity index (χ1) is 18.1. The molecule has 0 aliphatic heterocycles. The molecule has 4 rings (SSSR count). The Morgan fingerprint density at radius 2 is 1.71 bits per heavy atom. The van der Waals surface area contributed by atoms with E-state index in [1.165, 1.54) is 44.7 Å². The molecular weight excluding hydrogens is 511 g/mol. The first kappa shape index (κ1) is 26.1. The van der Waals surface area contributed by atoms with Crippen LogP contribution >= 0.6 is 0 Å². The maximum Gasteiger partial charge on any atom is 0.355 e. The topological polar surface area (TPSA) is 140 Å². The second-order valence-corrected chi connectivity index (χ2v) is 7.92. The summed E-state index contributed by atoms with van der Waals surface area (Å²) in [6.07, 6.45) is 1.37. The summed E-state index contributed by atoms with van der Waals surface area (Å²) in [6, 6.07) is 6.87. The number of H-pyrrole nitrogens is 1. The molecule has 2 aromatic heterocycles. The van der Waals surface area contributed by atoms with Crippen LogP contribution in [-0.2, 0) is 13.1 Å². The molecule has 4 aromatic rings. The van der Waals surface area contributed by atoms with Gasteiger partial charge in [-0.3, -0.25) is 9.36 Å². The van der Waals surface area contributed by atoms with Gasteiger partial charge in [0.1, 0.15) is 22.9 Å². The van der Waals surface area contributed by atoms with Crippen molar-refractivity contribution in [3.8, 4) is 17.2 Å². The van der Waals surface area contributed by atoms with Gasteiger partial charge in [-0.1, -0.05) is 6.07 Å². The Bertz CT molecular complexity index is 1680. The van der Waals surface area contributed by atoms with E-state index in [9.17, 15) is 32.7 Å². The van der Waals surface area contributed by atoms with Crippen LogP contribution < -0.4 is 31.7 Å². The average molecular weight is 531 g/mol. The van der Waals surface area contributed by atoms with Gasteiger partial charge in [0, 0.05) is 23.9 Å². The van der Waals surface area contributed by atoms with Gasteiger partial charge in [0.05, 0.1) is 27.3 Å². The summed E-state index contributed by atoms with van der Waals surface area (Å²) in [7, 11) is 2.65. The van der Waals surface area contributed by atoms with Crippen LogP contribution in [0.15, 0.2) is 57.0 Å². The lowest BCUT2D eigenvalue weighted by atomic mass is 10.2. The van der Waals surface area contributed by atoms with E-state index in [2.05, 4.69) is 15.3 Å². The number of benzene rings is 2. The smallest absolute Gasteiger partial charge is 0.355 e. The molecule has 2 aromatic carbocycles. The zero-order chi connectivity index (χ0) is 27.6. The standard InChI is InChI=1S/C24H20F3N5O6/c1-37-14-8-17(33)20(18(9-14)38-2)29-22-30-23(35)32(11-13-4-3-5-28-21(13)34)24(36)31(22)10-12-6-15(25)19(27)16(26)7-12/h3-9,33H,10-11H2,1-2H3,(H,28,34)(H,29,30,35). The Labute approximate surface area is 211 Å². The average Bonchev–Trinajstić information content (AvgIpc) is 2.89. The lowest BCUT2D eigenvalue weighted by molar-refractivity contribution is 0.387. The van der Waals surface area contributed by atoms with Crippen molar-refractivity contribution in [1.29, 1.82) is 0 Å². The van der Waals surface area contributed by atoms with Crippen LogP contribution in [0.2, 0.25) is 0 Å². The van der Waals surface area contributed by atoms with Crippen LogP contribution in [0, 0.1) is 17.5 Å². The van der Waals surface area contributed by atoms with Gasteiger partial charge in [-0.2, -0.15) is 4.98 Å². The van der Waals surface area contributed by atoms with Gasteiger partial charge < -0.3 is 24.9 Å². The number of hydrogen-bond acceptors (Lipinski definition) is 8. The number of phenols is 1. The lowest BCUT2D eigenvalue weighted by Gasteiger charge is -2.18. The molecule has 14 heteroatoms. The molecular formula is C24H20F3N5O6. The van der Waals surface area contributed by atoms with Crippen molar-refractivity contribution in [2.24, 2.45) is 0 Å². The summed E-state index contributed by atoms with van der Waals surface area (Å²) >= 11 is 0. The first-order valence-electron chi connectivity index (χ1n) is 10.9. The summed E-state index contributed by atoms with van der Waals surface area (Å²) in [5.41, 5.74) is -2.87. The predicted molar refractivity (Wildman–Crippen MR) is 129 cm³/mol. The molecule has 0 saturated carbocycles. The van der Waals surface area contributed by atoms with Crippen molar-refractivity contribution < 1.29 is 27.8 Å². The van der Waals surface area contributed by atoms with Gasteiger partial charge in [0.25, 0.3) is 5.56 Å². The normalized spacial score (nSPS) is 10.9. The number of anilines is 2. The lowest BCUT2D eigenvalue weighted by Crippen LogP contribution is -2.43. The Hall–Kier alpha value is -5.01. The van der Waals surface area contributed by atoms with Crippen LogP contribution in [-0.4, -0.2) is 38.4 Å². The number of aromatic nitrogens is 4. The number of aromatic amines is 1. The number of rotatable bonds is 8. The van der Waals surface area contributed by atoms with E-state index in [-0.39, 0.29) is 28.3 Å². The molecule has 0 atom stereocenters. The van der Waals surface area contributed by atoms with Crippen LogP contribution in [0.5, 0.6) is 17.2 Å². The number of pyridine rings is 1.